The van der Waals surface area contributed by atoms with E-state index in [-0.39, 0.29) is 5.41 Å². The quantitative estimate of drug-likeness (QED) is 0.213. The van der Waals surface area contributed by atoms with E-state index >= 15 is 0 Å². The molecule has 0 aliphatic heterocycles. The smallest absolute Gasteiger partial charge is 0.0159 e. The predicted octanol–water partition coefficient (Wildman–Crippen LogP) is 10.5. The lowest BCUT2D eigenvalue weighted by atomic mass is 9.81. The van der Waals surface area contributed by atoms with Crippen molar-refractivity contribution < 1.29 is 0 Å². The lowest BCUT2D eigenvalue weighted by molar-refractivity contribution is 0.661. The van der Waals surface area contributed by atoms with Crippen molar-refractivity contribution in [1.29, 1.82) is 0 Å². The van der Waals surface area contributed by atoms with Gasteiger partial charge in [-0.05, 0) is 54.6 Å². The molecule has 0 nitrogen and oxygen atoms in total. The number of hydrogen-bond acceptors (Lipinski definition) is 0. The van der Waals surface area contributed by atoms with Crippen LogP contribution >= 0.6 is 0 Å². The first-order chi connectivity index (χ1) is 16.2. The molecule has 0 unspecified atom stereocenters. The molecule has 0 aromatic heterocycles. The van der Waals surface area contributed by atoms with Gasteiger partial charge in [-0.2, -0.15) is 0 Å². The highest BCUT2D eigenvalue weighted by Crippen LogP contribution is 2.53. The summed E-state index contributed by atoms with van der Waals surface area (Å²) >= 11 is 0. The van der Waals surface area contributed by atoms with Crippen LogP contribution in [0.15, 0.2) is 84.9 Å². The first-order valence-corrected chi connectivity index (χ1v) is 12.6. The lowest BCUT2D eigenvalue weighted by Crippen LogP contribution is -2.14. The zero-order chi connectivity index (χ0) is 24.2. The van der Waals surface area contributed by atoms with Crippen molar-refractivity contribution in [2.24, 2.45) is 0 Å². The molecule has 33 heavy (non-hydrogen) atoms. The van der Waals surface area contributed by atoms with E-state index in [2.05, 4.69) is 98.8 Å². The molecule has 6 rings (SSSR count). The molecule has 0 heteroatoms. The Morgan fingerprint density at radius 1 is 0.394 bits per heavy atom. The van der Waals surface area contributed by atoms with Crippen molar-refractivity contribution in [3.63, 3.8) is 0 Å². The Morgan fingerprint density at radius 2 is 0.818 bits per heavy atom. The van der Waals surface area contributed by atoms with Gasteiger partial charge < -0.3 is 0 Å². The van der Waals surface area contributed by atoms with Crippen LogP contribution < -0.4 is 0 Å². The highest BCUT2D eigenvalue weighted by Gasteiger charge is 2.37. The van der Waals surface area contributed by atoms with Crippen molar-refractivity contribution in [2.75, 3.05) is 0 Å². The van der Waals surface area contributed by atoms with Crippen molar-refractivity contribution in [3.8, 4) is 11.1 Å². The second-order valence-corrected chi connectivity index (χ2v) is 8.20. The van der Waals surface area contributed by atoms with E-state index in [0.717, 1.165) is 0 Å². The van der Waals surface area contributed by atoms with Gasteiger partial charge in [0.25, 0.3) is 0 Å². The number of rotatable bonds is 0. The van der Waals surface area contributed by atoms with Gasteiger partial charge >= 0.3 is 0 Å². The SMILES string of the molecule is CC.CC.CC.CC1(C)c2ccc3ccccc3c2-c2c1ccc1c2ccc2ccccc21. The first kappa shape index (κ1) is 24.5. The molecule has 0 saturated heterocycles. The van der Waals surface area contributed by atoms with Gasteiger partial charge in [-0.1, -0.05) is 140 Å². The zero-order valence-corrected chi connectivity index (χ0v) is 21.6. The Morgan fingerprint density at radius 3 is 1.45 bits per heavy atom. The van der Waals surface area contributed by atoms with Crippen molar-refractivity contribution >= 4 is 32.3 Å². The largest absolute Gasteiger partial charge is 0.0683 e. The second-order valence-electron chi connectivity index (χ2n) is 8.20. The summed E-state index contributed by atoms with van der Waals surface area (Å²) in [6, 6.07) is 31.4. The van der Waals surface area contributed by atoms with Crippen LogP contribution in [-0.4, -0.2) is 0 Å². The number of benzene rings is 5. The maximum absolute atomic E-state index is 2.36. The fourth-order valence-corrected chi connectivity index (χ4v) is 5.09. The molecule has 0 amide bonds. The van der Waals surface area contributed by atoms with Crippen LogP contribution in [0.2, 0.25) is 0 Å². The van der Waals surface area contributed by atoms with E-state index < -0.39 is 0 Å². The van der Waals surface area contributed by atoms with Crippen LogP contribution in [0.25, 0.3) is 43.4 Å². The maximum atomic E-state index is 2.36. The van der Waals surface area contributed by atoms with E-state index in [9.17, 15) is 0 Å². The minimum Gasteiger partial charge on any atom is -0.0683 e. The Labute approximate surface area is 200 Å². The number of hydrogen-bond donors (Lipinski definition) is 0. The molecule has 0 fully saturated rings. The van der Waals surface area contributed by atoms with E-state index in [0.29, 0.717) is 0 Å². The summed E-state index contributed by atoms with van der Waals surface area (Å²) in [4.78, 5) is 0. The minimum atomic E-state index is 0.0224. The highest BCUT2D eigenvalue weighted by molar-refractivity contribution is 6.17. The highest BCUT2D eigenvalue weighted by atomic mass is 14.4. The van der Waals surface area contributed by atoms with Crippen molar-refractivity contribution in [2.45, 2.75) is 60.8 Å². The Hall–Kier alpha value is -3.12. The minimum absolute atomic E-state index is 0.0224. The van der Waals surface area contributed by atoms with Crippen molar-refractivity contribution in [1.82, 2.24) is 0 Å². The molecule has 5 aromatic rings. The third kappa shape index (κ3) is 3.82. The molecule has 1 aliphatic carbocycles. The first-order valence-electron chi connectivity index (χ1n) is 12.6. The molecule has 1 aliphatic rings. The third-order valence-electron chi connectivity index (χ3n) is 6.45. The van der Waals surface area contributed by atoms with E-state index in [4.69, 9.17) is 0 Å². The molecule has 5 aromatic carbocycles. The predicted molar refractivity (Wildman–Crippen MR) is 151 cm³/mol. The summed E-state index contributed by atoms with van der Waals surface area (Å²) in [5, 5.41) is 8.04. The molecule has 0 atom stereocenters. The van der Waals surface area contributed by atoms with E-state index in [1.54, 1.807) is 0 Å². The standard InChI is InChI=1S/C27H20.3C2H6/c1-27(2)23-15-12-18-8-4-6-10-20(18)25(23)26-22-13-11-17-7-3-5-9-19(17)21(22)14-16-24(26)27;3*1-2/h3-16H,1-2H3;3*1-2H3. The Balaban J connectivity index is 0.000000475. The van der Waals surface area contributed by atoms with Crippen LogP contribution in [0, 0.1) is 0 Å². The monoisotopic (exact) mass is 434 g/mol. The van der Waals surface area contributed by atoms with E-state index in [1.165, 1.54) is 54.6 Å². The van der Waals surface area contributed by atoms with Crippen LogP contribution in [0.1, 0.15) is 66.5 Å². The van der Waals surface area contributed by atoms with Crippen LogP contribution in [-0.2, 0) is 5.41 Å². The summed E-state index contributed by atoms with van der Waals surface area (Å²) in [6.45, 7) is 16.7. The molecule has 170 valence electrons. The summed E-state index contributed by atoms with van der Waals surface area (Å²) in [7, 11) is 0. The Bertz CT molecular complexity index is 1390. The van der Waals surface area contributed by atoms with E-state index in [1.807, 2.05) is 41.5 Å². The van der Waals surface area contributed by atoms with Gasteiger partial charge in [0.05, 0.1) is 0 Å². The normalized spacial score (nSPS) is 12.5. The second kappa shape index (κ2) is 10.2. The summed E-state index contributed by atoms with van der Waals surface area (Å²) in [5.41, 5.74) is 5.76. The van der Waals surface area contributed by atoms with Crippen LogP contribution in [0.5, 0.6) is 0 Å². The zero-order valence-electron chi connectivity index (χ0n) is 21.6. The maximum Gasteiger partial charge on any atom is 0.0159 e. The molecular weight excluding hydrogens is 396 g/mol. The van der Waals surface area contributed by atoms with Gasteiger partial charge in [-0.3, -0.25) is 0 Å². The average molecular weight is 435 g/mol. The van der Waals surface area contributed by atoms with Crippen LogP contribution in [0.4, 0.5) is 0 Å². The third-order valence-corrected chi connectivity index (χ3v) is 6.45. The molecule has 0 spiro atoms. The molecule has 0 saturated carbocycles. The van der Waals surface area contributed by atoms with Gasteiger partial charge in [0.15, 0.2) is 0 Å². The molecular formula is C33H38. The number of fused-ring (bicyclic) bond motifs is 9. The summed E-state index contributed by atoms with van der Waals surface area (Å²) in [5.74, 6) is 0. The summed E-state index contributed by atoms with van der Waals surface area (Å²) in [6.07, 6.45) is 0. The molecule has 0 heterocycles. The van der Waals surface area contributed by atoms with Gasteiger partial charge in [0, 0.05) is 5.41 Å². The van der Waals surface area contributed by atoms with Crippen LogP contribution in [0.3, 0.4) is 0 Å². The lowest BCUT2D eigenvalue weighted by Gasteiger charge is -2.21. The van der Waals surface area contributed by atoms with Gasteiger partial charge in [0.2, 0.25) is 0 Å². The molecule has 0 bridgehead atoms. The topological polar surface area (TPSA) is 0 Å². The van der Waals surface area contributed by atoms with Gasteiger partial charge in [-0.15, -0.1) is 0 Å². The van der Waals surface area contributed by atoms with Gasteiger partial charge in [0.1, 0.15) is 0 Å². The molecule has 0 radical (unpaired) electrons. The fourth-order valence-electron chi connectivity index (χ4n) is 5.09. The molecule has 0 N–H and O–H groups in total. The summed E-state index contributed by atoms with van der Waals surface area (Å²) < 4.78 is 0. The fraction of sp³-hybridized carbons (Fsp3) is 0.273. The average Bonchev–Trinajstić information content (AvgIpc) is 3.14. The Kier molecular flexibility index (Phi) is 7.59. The van der Waals surface area contributed by atoms with Gasteiger partial charge in [-0.25, -0.2) is 0 Å². The van der Waals surface area contributed by atoms with Crippen molar-refractivity contribution in [3.05, 3.63) is 96.1 Å².